The summed E-state index contributed by atoms with van der Waals surface area (Å²) in [7, 11) is 0. The van der Waals surface area contributed by atoms with E-state index in [2.05, 4.69) is 0 Å². The molecular formula is C14H12ClF2N. The fourth-order valence-corrected chi connectivity index (χ4v) is 2.02. The average Bonchev–Trinajstić information content (AvgIpc) is 2.35. The normalized spacial score (nSPS) is 12.4. The van der Waals surface area contributed by atoms with Crippen LogP contribution in [0.5, 0.6) is 0 Å². The predicted molar refractivity (Wildman–Crippen MR) is 68.4 cm³/mol. The molecule has 0 radical (unpaired) electrons. The van der Waals surface area contributed by atoms with Crippen LogP contribution in [0.4, 0.5) is 8.78 Å². The zero-order valence-electron chi connectivity index (χ0n) is 9.54. The minimum Gasteiger partial charge on any atom is -0.324 e. The first-order valence-electron chi connectivity index (χ1n) is 5.52. The van der Waals surface area contributed by atoms with Gasteiger partial charge in [0.15, 0.2) is 0 Å². The fraction of sp³-hybridized carbons (Fsp3) is 0.143. The Morgan fingerprint density at radius 3 is 2.56 bits per heavy atom. The largest absolute Gasteiger partial charge is 0.324 e. The molecule has 2 rings (SSSR count). The van der Waals surface area contributed by atoms with Gasteiger partial charge in [0.2, 0.25) is 0 Å². The molecule has 0 saturated carbocycles. The summed E-state index contributed by atoms with van der Waals surface area (Å²) < 4.78 is 26.6. The van der Waals surface area contributed by atoms with E-state index in [0.29, 0.717) is 11.4 Å². The third-order valence-electron chi connectivity index (χ3n) is 2.76. The van der Waals surface area contributed by atoms with Crippen LogP contribution in [0, 0.1) is 11.6 Å². The molecule has 1 unspecified atom stereocenters. The quantitative estimate of drug-likeness (QED) is 0.898. The van der Waals surface area contributed by atoms with Crippen molar-refractivity contribution >= 4 is 11.6 Å². The molecule has 18 heavy (non-hydrogen) atoms. The third kappa shape index (κ3) is 2.86. The molecule has 1 atom stereocenters. The maximum atomic E-state index is 13.5. The number of rotatable bonds is 3. The Kier molecular flexibility index (Phi) is 3.94. The molecule has 2 aromatic rings. The first kappa shape index (κ1) is 13.0. The van der Waals surface area contributed by atoms with Crippen molar-refractivity contribution in [1.29, 1.82) is 0 Å². The Hall–Kier alpha value is -1.45. The number of nitrogens with two attached hydrogens (primary N) is 1. The Morgan fingerprint density at radius 2 is 1.83 bits per heavy atom. The van der Waals surface area contributed by atoms with Gasteiger partial charge >= 0.3 is 0 Å². The van der Waals surface area contributed by atoms with Crippen molar-refractivity contribution < 1.29 is 8.78 Å². The van der Waals surface area contributed by atoms with E-state index in [4.69, 9.17) is 17.3 Å². The zero-order valence-corrected chi connectivity index (χ0v) is 10.3. The number of halogens is 3. The SMILES string of the molecule is NC(Cc1ccccc1Cl)c1cc(F)ccc1F. The van der Waals surface area contributed by atoms with Crippen LogP contribution in [-0.4, -0.2) is 0 Å². The van der Waals surface area contributed by atoms with Crippen molar-refractivity contribution in [1.82, 2.24) is 0 Å². The smallest absolute Gasteiger partial charge is 0.128 e. The van der Waals surface area contributed by atoms with Gasteiger partial charge in [0.25, 0.3) is 0 Å². The van der Waals surface area contributed by atoms with Gasteiger partial charge in [0, 0.05) is 16.6 Å². The van der Waals surface area contributed by atoms with E-state index in [1.807, 2.05) is 12.1 Å². The molecule has 0 amide bonds. The minimum atomic E-state index is -0.624. The highest BCUT2D eigenvalue weighted by atomic mass is 35.5. The highest BCUT2D eigenvalue weighted by molar-refractivity contribution is 6.31. The van der Waals surface area contributed by atoms with E-state index < -0.39 is 17.7 Å². The molecule has 0 spiro atoms. The predicted octanol–water partition coefficient (Wildman–Crippen LogP) is 3.86. The molecule has 0 heterocycles. The van der Waals surface area contributed by atoms with Gasteiger partial charge in [-0.3, -0.25) is 0 Å². The van der Waals surface area contributed by atoms with Crippen molar-refractivity contribution in [3.8, 4) is 0 Å². The van der Waals surface area contributed by atoms with Crippen LogP contribution >= 0.6 is 11.6 Å². The van der Waals surface area contributed by atoms with Gasteiger partial charge in [-0.05, 0) is 36.2 Å². The monoisotopic (exact) mass is 267 g/mol. The van der Waals surface area contributed by atoms with E-state index in [-0.39, 0.29) is 5.56 Å². The van der Waals surface area contributed by atoms with Crippen LogP contribution in [0.15, 0.2) is 42.5 Å². The molecule has 2 aromatic carbocycles. The summed E-state index contributed by atoms with van der Waals surface area (Å²) in [5, 5.41) is 0.574. The van der Waals surface area contributed by atoms with E-state index in [9.17, 15) is 8.78 Å². The van der Waals surface area contributed by atoms with Gasteiger partial charge in [-0.15, -0.1) is 0 Å². The molecule has 0 fully saturated rings. The summed E-state index contributed by atoms with van der Waals surface area (Å²) >= 11 is 6.00. The van der Waals surface area contributed by atoms with E-state index in [1.165, 1.54) is 0 Å². The summed E-state index contributed by atoms with van der Waals surface area (Å²) in [6.07, 6.45) is 0.361. The Labute approximate surface area is 109 Å². The van der Waals surface area contributed by atoms with Gasteiger partial charge < -0.3 is 5.73 Å². The van der Waals surface area contributed by atoms with Crippen molar-refractivity contribution in [2.75, 3.05) is 0 Å². The highest BCUT2D eigenvalue weighted by Gasteiger charge is 2.14. The van der Waals surface area contributed by atoms with Crippen LogP contribution < -0.4 is 5.73 Å². The van der Waals surface area contributed by atoms with Gasteiger partial charge in [-0.25, -0.2) is 8.78 Å². The summed E-state index contributed by atoms with van der Waals surface area (Å²) in [5.41, 5.74) is 6.88. The molecule has 0 aliphatic heterocycles. The molecular weight excluding hydrogens is 256 g/mol. The lowest BCUT2D eigenvalue weighted by atomic mass is 9.99. The van der Waals surface area contributed by atoms with Crippen LogP contribution in [0.3, 0.4) is 0 Å². The highest BCUT2D eigenvalue weighted by Crippen LogP contribution is 2.24. The number of hydrogen-bond acceptors (Lipinski definition) is 1. The van der Waals surface area contributed by atoms with Crippen molar-refractivity contribution in [3.05, 3.63) is 70.2 Å². The summed E-state index contributed by atoms with van der Waals surface area (Å²) in [4.78, 5) is 0. The zero-order chi connectivity index (χ0) is 13.1. The maximum absolute atomic E-state index is 13.5. The van der Waals surface area contributed by atoms with Gasteiger partial charge in [-0.1, -0.05) is 29.8 Å². The van der Waals surface area contributed by atoms with Crippen LogP contribution in [0.2, 0.25) is 5.02 Å². The third-order valence-corrected chi connectivity index (χ3v) is 3.12. The van der Waals surface area contributed by atoms with Crippen LogP contribution in [0.1, 0.15) is 17.2 Å². The lowest BCUT2D eigenvalue weighted by Gasteiger charge is -2.14. The Morgan fingerprint density at radius 1 is 1.11 bits per heavy atom. The van der Waals surface area contributed by atoms with Gasteiger partial charge in [0.1, 0.15) is 11.6 Å². The van der Waals surface area contributed by atoms with Gasteiger partial charge in [0.05, 0.1) is 0 Å². The molecule has 94 valence electrons. The minimum absolute atomic E-state index is 0.162. The lowest BCUT2D eigenvalue weighted by Crippen LogP contribution is -2.15. The number of benzene rings is 2. The van der Waals surface area contributed by atoms with Crippen molar-refractivity contribution in [2.24, 2.45) is 5.73 Å². The van der Waals surface area contributed by atoms with Gasteiger partial charge in [-0.2, -0.15) is 0 Å². The molecule has 0 aromatic heterocycles. The second-order valence-corrected chi connectivity index (χ2v) is 4.48. The molecule has 0 aliphatic carbocycles. The second-order valence-electron chi connectivity index (χ2n) is 4.07. The average molecular weight is 268 g/mol. The van der Waals surface area contributed by atoms with E-state index >= 15 is 0 Å². The topological polar surface area (TPSA) is 26.0 Å². The first-order chi connectivity index (χ1) is 8.58. The standard InChI is InChI=1S/C14H12ClF2N/c15-12-4-2-1-3-9(12)7-14(18)11-8-10(16)5-6-13(11)17/h1-6,8,14H,7,18H2. The summed E-state index contributed by atoms with van der Waals surface area (Å²) in [5.74, 6) is -1.00. The van der Waals surface area contributed by atoms with E-state index in [1.54, 1.807) is 12.1 Å². The molecule has 4 heteroatoms. The fourth-order valence-electron chi connectivity index (χ4n) is 1.81. The lowest BCUT2D eigenvalue weighted by molar-refractivity contribution is 0.561. The summed E-state index contributed by atoms with van der Waals surface area (Å²) in [6, 6.07) is 9.84. The number of hydrogen-bond donors (Lipinski definition) is 1. The molecule has 0 saturated heterocycles. The summed E-state index contributed by atoms with van der Waals surface area (Å²) in [6.45, 7) is 0. The molecule has 2 N–H and O–H groups in total. The molecule has 1 nitrogen and oxygen atoms in total. The van der Waals surface area contributed by atoms with Crippen molar-refractivity contribution in [2.45, 2.75) is 12.5 Å². The second kappa shape index (κ2) is 5.46. The van der Waals surface area contributed by atoms with Crippen LogP contribution in [0.25, 0.3) is 0 Å². The van der Waals surface area contributed by atoms with Crippen molar-refractivity contribution in [3.63, 3.8) is 0 Å². The van der Waals surface area contributed by atoms with E-state index in [0.717, 1.165) is 23.8 Å². The first-order valence-corrected chi connectivity index (χ1v) is 5.89. The van der Waals surface area contributed by atoms with Crippen LogP contribution in [-0.2, 0) is 6.42 Å². The molecule has 0 aliphatic rings. The Bertz CT molecular complexity index is 557. The maximum Gasteiger partial charge on any atom is 0.128 e. The molecule has 0 bridgehead atoms. The Balaban J connectivity index is 2.25.